The monoisotopic (exact) mass is 332 g/mol. The van der Waals surface area contributed by atoms with Crippen LogP contribution < -0.4 is 14.8 Å². The molecule has 0 aliphatic carbocycles. The maximum Gasteiger partial charge on any atom is 0.142 e. The van der Waals surface area contributed by atoms with Crippen LogP contribution in [0.1, 0.15) is 19.4 Å². The Morgan fingerprint density at radius 3 is 2.52 bits per heavy atom. The first-order valence-electron chi connectivity index (χ1n) is 8.57. The van der Waals surface area contributed by atoms with Crippen LogP contribution in [0.25, 0.3) is 10.8 Å². The molecule has 0 amide bonds. The molecule has 0 saturated carbocycles. The summed E-state index contributed by atoms with van der Waals surface area (Å²) in [6.45, 7) is 5.16. The van der Waals surface area contributed by atoms with Crippen LogP contribution in [0.5, 0.6) is 11.5 Å². The lowest BCUT2D eigenvalue weighted by Crippen LogP contribution is -2.17. The average Bonchev–Trinajstić information content (AvgIpc) is 2.63. The predicted octanol–water partition coefficient (Wildman–Crippen LogP) is 5.14. The Balaban J connectivity index is 1.83. The molecule has 25 heavy (non-hydrogen) atoms. The van der Waals surface area contributed by atoms with Crippen molar-refractivity contribution < 1.29 is 9.47 Å². The van der Waals surface area contributed by atoms with Crippen molar-refractivity contribution in [1.82, 2.24) is 0 Å². The van der Waals surface area contributed by atoms with E-state index in [0.717, 1.165) is 39.7 Å². The van der Waals surface area contributed by atoms with Crippen LogP contribution in [0.15, 0.2) is 59.6 Å². The normalized spacial score (nSPS) is 12.5. The van der Waals surface area contributed by atoms with Gasteiger partial charge in [0.15, 0.2) is 0 Å². The zero-order chi connectivity index (χ0) is 17.2. The minimum atomic E-state index is 0.585. The first-order valence-corrected chi connectivity index (χ1v) is 8.57. The smallest absolute Gasteiger partial charge is 0.142 e. The lowest BCUT2D eigenvalue weighted by atomic mass is 10.0. The highest BCUT2D eigenvalue weighted by atomic mass is 16.5. The number of hydrogen-bond donors (Lipinski definition) is 1. The summed E-state index contributed by atoms with van der Waals surface area (Å²) in [5.74, 6) is 2.36. The Kier molecular flexibility index (Phi) is 4.02. The molecule has 0 bridgehead atoms. The van der Waals surface area contributed by atoms with Gasteiger partial charge in [-0.3, -0.25) is 0 Å². The molecule has 1 aliphatic rings. The van der Waals surface area contributed by atoms with E-state index in [2.05, 4.69) is 29.6 Å². The topological polar surface area (TPSA) is 42.8 Å². The second-order valence-corrected chi connectivity index (χ2v) is 5.79. The van der Waals surface area contributed by atoms with Gasteiger partial charge in [-0.2, -0.15) is 0 Å². The highest BCUT2D eigenvalue weighted by Crippen LogP contribution is 2.37. The SMILES string of the molecule is CCOc1ccc(C2=Nc3cccc4cccc(c34)N2)c(OCC)c1. The van der Waals surface area contributed by atoms with E-state index < -0.39 is 0 Å². The Morgan fingerprint density at radius 2 is 1.72 bits per heavy atom. The molecule has 1 N–H and O–H groups in total. The van der Waals surface area contributed by atoms with Crippen LogP contribution >= 0.6 is 0 Å². The molecule has 0 radical (unpaired) electrons. The lowest BCUT2D eigenvalue weighted by molar-refractivity contribution is 0.323. The largest absolute Gasteiger partial charge is 0.494 e. The van der Waals surface area contributed by atoms with Crippen LogP contribution in [0.2, 0.25) is 0 Å². The van der Waals surface area contributed by atoms with E-state index in [0.29, 0.717) is 13.2 Å². The highest BCUT2D eigenvalue weighted by Gasteiger charge is 2.18. The van der Waals surface area contributed by atoms with Gasteiger partial charge in [0, 0.05) is 17.1 Å². The van der Waals surface area contributed by atoms with Crippen molar-refractivity contribution in [3.8, 4) is 11.5 Å². The summed E-state index contributed by atoms with van der Waals surface area (Å²) in [7, 11) is 0. The van der Waals surface area contributed by atoms with Crippen molar-refractivity contribution in [3.05, 3.63) is 60.2 Å². The van der Waals surface area contributed by atoms with E-state index in [4.69, 9.17) is 14.5 Å². The van der Waals surface area contributed by atoms with Crippen LogP contribution in [-0.2, 0) is 0 Å². The molecule has 1 heterocycles. The van der Waals surface area contributed by atoms with Gasteiger partial charge in [-0.1, -0.05) is 24.3 Å². The third-order valence-electron chi connectivity index (χ3n) is 4.19. The number of nitrogens with one attached hydrogen (secondary N) is 1. The first-order chi connectivity index (χ1) is 12.3. The number of amidine groups is 1. The fraction of sp³-hybridized carbons (Fsp3) is 0.190. The molecule has 4 nitrogen and oxygen atoms in total. The van der Waals surface area contributed by atoms with Crippen LogP contribution in [-0.4, -0.2) is 19.0 Å². The van der Waals surface area contributed by atoms with E-state index in [1.807, 2.05) is 44.2 Å². The van der Waals surface area contributed by atoms with Gasteiger partial charge in [-0.25, -0.2) is 4.99 Å². The summed E-state index contributed by atoms with van der Waals surface area (Å²) in [5.41, 5.74) is 2.96. The Bertz CT molecular complexity index is 958. The number of benzene rings is 3. The number of nitrogens with zero attached hydrogens (tertiary/aromatic N) is 1. The Labute approximate surface area is 147 Å². The second kappa shape index (κ2) is 6.48. The molecule has 0 spiro atoms. The van der Waals surface area contributed by atoms with Gasteiger partial charge in [0.1, 0.15) is 17.3 Å². The van der Waals surface area contributed by atoms with Crippen LogP contribution in [0.3, 0.4) is 0 Å². The lowest BCUT2D eigenvalue weighted by Gasteiger charge is -2.21. The Hall–Kier alpha value is -3.01. The van der Waals surface area contributed by atoms with Crippen molar-refractivity contribution >= 4 is 28.0 Å². The molecule has 3 aromatic rings. The summed E-state index contributed by atoms with van der Waals surface area (Å²) >= 11 is 0. The fourth-order valence-corrected chi connectivity index (χ4v) is 3.15. The number of anilines is 1. The number of aliphatic imine (C=N–C) groups is 1. The summed E-state index contributed by atoms with van der Waals surface area (Å²) in [4.78, 5) is 4.84. The van der Waals surface area contributed by atoms with E-state index in [-0.39, 0.29) is 0 Å². The van der Waals surface area contributed by atoms with Crippen molar-refractivity contribution in [2.45, 2.75) is 13.8 Å². The van der Waals surface area contributed by atoms with Crippen molar-refractivity contribution in [1.29, 1.82) is 0 Å². The predicted molar refractivity (Wildman–Crippen MR) is 103 cm³/mol. The average molecular weight is 332 g/mol. The highest BCUT2D eigenvalue weighted by molar-refractivity contribution is 6.19. The summed E-state index contributed by atoms with van der Waals surface area (Å²) in [6.07, 6.45) is 0. The quantitative estimate of drug-likeness (QED) is 0.703. The zero-order valence-corrected chi connectivity index (χ0v) is 14.4. The van der Waals surface area contributed by atoms with Gasteiger partial charge < -0.3 is 14.8 Å². The third kappa shape index (κ3) is 2.80. The molecule has 4 rings (SSSR count). The standard InChI is InChI=1S/C21H20N2O2/c1-3-24-15-11-12-16(19(13-15)25-4-2)21-22-17-9-5-7-14-8-6-10-18(23-21)20(14)17/h5-13H,3-4H2,1-2H3,(H,22,23). The summed E-state index contributed by atoms with van der Waals surface area (Å²) in [6, 6.07) is 18.3. The molecule has 0 unspecified atom stereocenters. The van der Waals surface area contributed by atoms with Crippen LogP contribution in [0.4, 0.5) is 11.4 Å². The zero-order valence-electron chi connectivity index (χ0n) is 14.4. The molecule has 0 atom stereocenters. The van der Waals surface area contributed by atoms with Gasteiger partial charge in [0.25, 0.3) is 0 Å². The molecule has 0 aromatic heterocycles. The number of ether oxygens (including phenoxy) is 2. The second-order valence-electron chi connectivity index (χ2n) is 5.79. The minimum absolute atomic E-state index is 0.585. The summed E-state index contributed by atoms with van der Waals surface area (Å²) in [5, 5.41) is 5.79. The number of rotatable bonds is 5. The summed E-state index contributed by atoms with van der Waals surface area (Å²) < 4.78 is 11.4. The molecule has 126 valence electrons. The van der Waals surface area contributed by atoms with Gasteiger partial charge in [-0.05, 0) is 43.5 Å². The maximum atomic E-state index is 5.84. The molecule has 4 heteroatoms. The minimum Gasteiger partial charge on any atom is -0.494 e. The number of hydrogen-bond acceptors (Lipinski definition) is 4. The maximum absolute atomic E-state index is 5.84. The van der Waals surface area contributed by atoms with Gasteiger partial charge in [0.05, 0.1) is 24.5 Å². The van der Waals surface area contributed by atoms with E-state index in [1.54, 1.807) is 0 Å². The van der Waals surface area contributed by atoms with Gasteiger partial charge >= 0.3 is 0 Å². The molecule has 0 fully saturated rings. The van der Waals surface area contributed by atoms with Crippen molar-refractivity contribution in [2.24, 2.45) is 4.99 Å². The van der Waals surface area contributed by atoms with Crippen molar-refractivity contribution in [2.75, 3.05) is 18.5 Å². The van der Waals surface area contributed by atoms with Crippen molar-refractivity contribution in [3.63, 3.8) is 0 Å². The molecular weight excluding hydrogens is 312 g/mol. The van der Waals surface area contributed by atoms with E-state index in [1.165, 1.54) is 5.39 Å². The Morgan fingerprint density at radius 1 is 0.920 bits per heavy atom. The molecule has 1 aliphatic heterocycles. The molecule has 0 saturated heterocycles. The van der Waals surface area contributed by atoms with E-state index >= 15 is 0 Å². The van der Waals surface area contributed by atoms with Crippen LogP contribution in [0, 0.1) is 0 Å². The first kappa shape index (κ1) is 15.5. The molecule has 3 aromatic carbocycles. The fourth-order valence-electron chi connectivity index (χ4n) is 3.15. The molecular formula is C21H20N2O2. The van der Waals surface area contributed by atoms with Gasteiger partial charge in [-0.15, -0.1) is 0 Å². The third-order valence-corrected chi connectivity index (χ3v) is 4.19. The van der Waals surface area contributed by atoms with Gasteiger partial charge in [0.2, 0.25) is 0 Å². The van der Waals surface area contributed by atoms with E-state index in [9.17, 15) is 0 Å².